The third-order valence-corrected chi connectivity index (χ3v) is 6.42. The number of fused-ring (bicyclic) bond motifs is 1. The van der Waals surface area contributed by atoms with E-state index in [0.29, 0.717) is 48.4 Å². The van der Waals surface area contributed by atoms with Crippen LogP contribution < -0.4 is 14.2 Å². The maximum Gasteiger partial charge on any atom is 0.295 e. The number of carbonyl (C=O) groups excluding carboxylic acids is 2. The molecule has 1 saturated heterocycles. The van der Waals surface area contributed by atoms with Crippen LogP contribution in [0.1, 0.15) is 36.6 Å². The lowest BCUT2D eigenvalue weighted by atomic mass is 9.95. The van der Waals surface area contributed by atoms with E-state index in [4.69, 9.17) is 14.2 Å². The summed E-state index contributed by atoms with van der Waals surface area (Å²) in [5.74, 6) is 0.349. The van der Waals surface area contributed by atoms with E-state index >= 15 is 0 Å². The number of ketones is 1. The predicted octanol–water partition coefficient (Wildman–Crippen LogP) is 4.82. The second-order valence-corrected chi connectivity index (χ2v) is 9.73. The normalized spacial score (nSPS) is 18.2. The van der Waals surface area contributed by atoms with Gasteiger partial charge < -0.3 is 29.3 Å². The highest BCUT2D eigenvalue weighted by molar-refractivity contribution is 6.46. The van der Waals surface area contributed by atoms with Crippen LogP contribution in [-0.2, 0) is 16.1 Å². The molecule has 196 valence electrons. The van der Waals surface area contributed by atoms with E-state index in [0.717, 1.165) is 11.3 Å². The van der Waals surface area contributed by atoms with Crippen molar-refractivity contribution in [2.75, 3.05) is 19.8 Å². The molecule has 3 aromatic rings. The Balaban J connectivity index is 1.52. The van der Waals surface area contributed by atoms with Gasteiger partial charge in [-0.3, -0.25) is 9.59 Å². The fourth-order valence-corrected chi connectivity index (χ4v) is 4.54. The Hall–Kier alpha value is -4.46. The fourth-order valence-electron chi connectivity index (χ4n) is 4.54. The summed E-state index contributed by atoms with van der Waals surface area (Å²) in [6.45, 7) is 5.66. The number of benzene rings is 3. The first kappa shape index (κ1) is 25.2. The van der Waals surface area contributed by atoms with Gasteiger partial charge in [-0.15, -0.1) is 0 Å². The van der Waals surface area contributed by atoms with Crippen LogP contribution in [0, 0.1) is 5.92 Å². The summed E-state index contributed by atoms with van der Waals surface area (Å²) in [7, 11) is 0. The molecule has 0 bridgehead atoms. The van der Waals surface area contributed by atoms with Crippen LogP contribution in [0.25, 0.3) is 5.76 Å². The molecule has 2 N–H and O–H groups in total. The predicted molar refractivity (Wildman–Crippen MR) is 140 cm³/mol. The van der Waals surface area contributed by atoms with Crippen molar-refractivity contribution in [3.63, 3.8) is 0 Å². The Morgan fingerprint density at radius 1 is 0.974 bits per heavy atom. The molecule has 0 aliphatic carbocycles. The number of amides is 1. The Morgan fingerprint density at radius 3 is 2.34 bits per heavy atom. The number of aliphatic hydroxyl groups is 1. The molecule has 8 heteroatoms. The molecule has 0 spiro atoms. The average molecular weight is 516 g/mol. The maximum atomic E-state index is 13.3. The number of likely N-dealkylation sites (tertiary alicyclic amines) is 1. The van der Waals surface area contributed by atoms with E-state index in [1.807, 2.05) is 24.3 Å². The quantitative estimate of drug-likeness (QED) is 0.264. The molecule has 0 aromatic heterocycles. The van der Waals surface area contributed by atoms with Crippen molar-refractivity contribution in [2.24, 2.45) is 5.92 Å². The molecule has 1 amide bonds. The Labute approximate surface area is 220 Å². The number of phenolic OH excluding ortho intramolecular Hbond substituents is 1. The van der Waals surface area contributed by atoms with Crippen molar-refractivity contribution in [2.45, 2.75) is 26.4 Å². The molecular formula is C30H29NO7. The first-order valence-corrected chi connectivity index (χ1v) is 12.5. The van der Waals surface area contributed by atoms with Crippen LogP contribution in [0.5, 0.6) is 23.0 Å². The molecule has 2 aliphatic heterocycles. The standard InChI is InChI=1S/C30H29NO7/c1-18(2)17-38-23-10-3-19(4-11-23)16-31-27(20-5-8-22(32)9-6-20)26(29(34)30(31)35)28(33)21-7-12-24-25(15-21)37-14-13-36-24/h3-12,15,18,27,32-33H,13-14,16-17H2,1-2H3/b28-26-. The number of rotatable bonds is 7. The van der Waals surface area contributed by atoms with Gasteiger partial charge in [0.05, 0.1) is 18.2 Å². The van der Waals surface area contributed by atoms with E-state index in [9.17, 15) is 19.8 Å². The van der Waals surface area contributed by atoms with Crippen LogP contribution in [-0.4, -0.2) is 46.6 Å². The zero-order chi connectivity index (χ0) is 26.8. The van der Waals surface area contributed by atoms with Crippen LogP contribution >= 0.6 is 0 Å². The summed E-state index contributed by atoms with van der Waals surface area (Å²) < 4.78 is 16.9. The van der Waals surface area contributed by atoms with Crippen molar-refractivity contribution < 1.29 is 34.0 Å². The fraction of sp³-hybridized carbons (Fsp3) is 0.267. The smallest absolute Gasteiger partial charge is 0.295 e. The van der Waals surface area contributed by atoms with Gasteiger partial charge in [-0.25, -0.2) is 0 Å². The van der Waals surface area contributed by atoms with Gasteiger partial charge in [0.25, 0.3) is 11.7 Å². The minimum Gasteiger partial charge on any atom is -0.508 e. The van der Waals surface area contributed by atoms with Gasteiger partial charge in [-0.05, 0) is 59.5 Å². The SMILES string of the molecule is CC(C)COc1ccc(CN2C(=O)C(=O)/C(=C(\O)c3ccc4c(c3)OCCO4)C2c2ccc(O)cc2)cc1. The Kier molecular flexibility index (Phi) is 6.96. The van der Waals surface area contributed by atoms with Gasteiger partial charge >= 0.3 is 0 Å². The largest absolute Gasteiger partial charge is 0.508 e. The molecule has 38 heavy (non-hydrogen) atoms. The van der Waals surface area contributed by atoms with Gasteiger partial charge in [0.15, 0.2) is 11.5 Å². The van der Waals surface area contributed by atoms with Crippen LogP contribution in [0.2, 0.25) is 0 Å². The van der Waals surface area contributed by atoms with Gasteiger partial charge in [0, 0.05) is 12.1 Å². The van der Waals surface area contributed by atoms with Crippen LogP contribution in [0.15, 0.2) is 72.3 Å². The lowest BCUT2D eigenvalue weighted by molar-refractivity contribution is -0.140. The molecular weight excluding hydrogens is 486 g/mol. The van der Waals surface area contributed by atoms with Gasteiger partial charge in [-0.1, -0.05) is 38.1 Å². The molecule has 2 aliphatic rings. The molecule has 1 unspecified atom stereocenters. The number of aliphatic hydroxyl groups excluding tert-OH is 1. The van der Waals surface area contributed by atoms with Crippen molar-refractivity contribution >= 4 is 17.4 Å². The summed E-state index contributed by atoms with van der Waals surface area (Å²) in [5.41, 5.74) is 1.68. The third kappa shape index (κ3) is 5.02. The summed E-state index contributed by atoms with van der Waals surface area (Å²) in [6.07, 6.45) is 0. The van der Waals surface area contributed by atoms with Gasteiger partial charge in [0.1, 0.15) is 30.5 Å². The number of hydrogen-bond donors (Lipinski definition) is 2. The minimum atomic E-state index is -0.860. The van der Waals surface area contributed by atoms with Crippen molar-refractivity contribution in [1.29, 1.82) is 0 Å². The van der Waals surface area contributed by atoms with E-state index < -0.39 is 17.7 Å². The molecule has 2 heterocycles. The number of nitrogens with zero attached hydrogens (tertiary/aromatic N) is 1. The molecule has 1 atom stereocenters. The average Bonchev–Trinajstić information content (AvgIpc) is 3.17. The number of Topliss-reactive ketones (excluding diaryl/α,β-unsaturated/α-hetero) is 1. The van der Waals surface area contributed by atoms with Crippen LogP contribution in [0.4, 0.5) is 0 Å². The zero-order valence-electron chi connectivity index (χ0n) is 21.2. The van der Waals surface area contributed by atoms with Gasteiger partial charge in [-0.2, -0.15) is 0 Å². The van der Waals surface area contributed by atoms with Crippen molar-refractivity contribution in [3.05, 3.63) is 89.0 Å². The number of carbonyl (C=O) groups is 2. The summed E-state index contributed by atoms with van der Waals surface area (Å²) in [6, 6.07) is 17.6. The topological polar surface area (TPSA) is 106 Å². The maximum absolute atomic E-state index is 13.3. The molecule has 0 saturated carbocycles. The highest BCUT2D eigenvalue weighted by Crippen LogP contribution is 2.42. The van der Waals surface area contributed by atoms with Crippen LogP contribution in [0.3, 0.4) is 0 Å². The minimum absolute atomic E-state index is 0.0331. The van der Waals surface area contributed by atoms with E-state index in [1.165, 1.54) is 17.0 Å². The Bertz CT molecular complexity index is 1380. The zero-order valence-corrected chi connectivity index (χ0v) is 21.2. The molecule has 5 rings (SSSR count). The second kappa shape index (κ2) is 10.5. The van der Waals surface area contributed by atoms with E-state index in [2.05, 4.69) is 13.8 Å². The molecule has 3 aromatic carbocycles. The molecule has 0 radical (unpaired) electrons. The summed E-state index contributed by atoms with van der Waals surface area (Å²) in [4.78, 5) is 28.1. The highest BCUT2D eigenvalue weighted by Gasteiger charge is 2.46. The number of phenols is 1. The first-order chi connectivity index (χ1) is 18.3. The number of ether oxygens (including phenoxy) is 3. The summed E-state index contributed by atoms with van der Waals surface area (Å²) in [5, 5.41) is 21.2. The first-order valence-electron chi connectivity index (χ1n) is 12.5. The number of hydrogen-bond acceptors (Lipinski definition) is 7. The highest BCUT2D eigenvalue weighted by atomic mass is 16.6. The summed E-state index contributed by atoms with van der Waals surface area (Å²) >= 11 is 0. The monoisotopic (exact) mass is 515 g/mol. The van der Waals surface area contributed by atoms with E-state index in [-0.39, 0.29) is 23.6 Å². The van der Waals surface area contributed by atoms with Crippen molar-refractivity contribution in [1.82, 2.24) is 4.90 Å². The lowest BCUT2D eigenvalue weighted by Crippen LogP contribution is -2.29. The second-order valence-electron chi connectivity index (χ2n) is 9.73. The van der Waals surface area contributed by atoms with E-state index in [1.54, 1.807) is 30.3 Å². The number of aromatic hydroxyl groups is 1. The molecule has 8 nitrogen and oxygen atoms in total. The lowest BCUT2D eigenvalue weighted by Gasteiger charge is -2.26. The van der Waals surface area contributed by atoms with Gasteiger partial charge in [0.2, 0.25) is 0 Å². The van der Waals surface area contributed by atoms with Crippen molar-refractivity contribution in [3.8, 4) is 23.0 Å². The third-order valence-electron chi connectivity index (χ3n) is 6.42. The molecule has 1 fully saturated rings. The Morgan fingerprint density at radius 2 is 1.66 bits per heavy atom.